The van der Waals surface area contributed by atoms with Crippen LogP contribution in [0.1, 0.15) is 29.7 Å². The summed E-state index contributed by atoms with van der Waals surface area (Å²) in [6.45, 7) is 0. The highest BCUT2D eigenvalue weighted by molar-refractivity contribution is 5.90. The van der Waals surface area contributed by atoms with Gasteiger partial charge in [-0.3, -0.25) is 4.79 Å². The predicted octanol–water partition coefficient (Wildman–Crippen LogP) is 5.83. The van der Waals surface area contributed by atoms with E-state index in [9.17, 15) is 9.18 Å². The number of rotatable bonds is 8. The van der Waals surface area contributed by atoms with Gasteiger partial charge in [0, 0.05) is 18.4 Å². The summed E-state index contributed by atoms with van der Waals surface area (Å²) in [5.41, 5.74) is 4.37. The number of hydrogen-bond acceptors (Lipinski definition) is 3. The van der Waals surface area contributed by atoms with E-state index in [0.29, 0.717) is 30.0 Å². The average molecular weight is 426 g/mol. The largest absolute Gasteiger partial charge is 0.309 e. The Bertz CT molecular complexity index is 1160. The van der Waals surface area contributed by atoms with Crippen LogP contribution in [-0.2, 0) is 17.6 Å². The zero-order chi connectivity index (χ0) is 22.2. The van der Waals surface area contributed by atoms with E-state index in [-0.39, 0.29) is 11.7 Å². The first-order valence-electron chi connectivity index (χ1n) is 10.7. The summed E-state index contributed by atoms with van der Waals surface area (Å²) in [6.07, 6.45) is 4.15. The number of nitrogens with one attached hydrogen (secondary N) is 1. The average Bonchev–Trinajstić information content (AvgIpc) is 2.82. The third kappa shape index (κ3) is 5.85. The van der Waals surface area contributed by atoms with Crippen molar-refractivity contribution in [1.82, 2.24) is 9.97 Å². The van der Waals surface area contributed by atoms with Crippen LogP contribution in [0.15, 0.2) is 91.1 Å². The van der Waals surface area contributed by atoms with Crippen LogP contribution < -0.4 is 5.32 Å². The van der Waals surface area contributed by atoms with E-state index in [1.807, 2.05) is 48.5 Å². The zero-order valence-corrected chi connectivity index (χ0v) is 17.7. The van der Waals surface area contributed by atoms with Gasteiger partial charge in [0.05, 0.1) is 17.6 Å². The summed E-state index contributed by atoms with van der Waals surface area (Å²) in [5.74, 6) is 0.0779. The Balaban J connectivity index is 1.50. The molecule has 0 unspecified atom stereocenters. The molecule has 0 spiro atoms. The maximum Gasteiger partial charge on any atom is 0.225 e. The highest BCUT2D eigenvalue weighted by Gasteiger charge is 2.13. The van der Waals surface area contributed by atoms with E-state index < -0.39 is 0 Å². The third-order valence-corrected chi connectivity index (χ3v) is 5.17. The Labute approximate surface area is 187 Å². The van der Waals surface area contributed by atoms with Gasteiger partial charge in [-0.05, 0) is 48.2 Å². The molecule has 4 nitrogen and oxygen atoms in total. The molecule has 1 amide bonds. The lowest BCUT2D eigenvalue weighted by Crippen LogP contribution is -2.15. The van der Waals surface area contributed by atoms with Crippen LogP contribution in [0.5, 0.6) is 0 Å². The van der Waals surface area contributed by atoms with Crippen molar-refractivity contribution in [2.45, 2.75) is 25.7 Å². The molecule has 5 heteroatoms. The minimum absolute atomic E-state index is 0.0842. The van der Waals surface area contributed by atoms with Crippen molar-refractivity contribution < 1.29 is 9.18 Å². The van der Waals surface area contributed by atoms with Gasteiger partial charge in [-0.2, -0.15) is 0 Å². The highest BCUT2D eigenvalue weighted by Crippen LogP contribution is 2.22. The van der Waals surface area contributed by atoms with Crippen LogP contribution in [0.2, 0.25) is 0 Å². The fourth-order valence-corrected chi connectivity index (χ4v) is 3.50. The number of halogens is 1. The fraction of sp³-hybridized carbons (Fsp3) is 0.148. The number of carbonyl (C=O) groups excluding carboxylic acids is 1. The maximum atomic E-state index is 13.3. The molecule has 0 atom stereocenters. The number of nitrogens with zero attached hydrogens (tertiary/aromatic N) is 2. The van der Waals surface area contributed by atoms with E-state index >= 15 is 0 Å². The molecule has 0 radical (unpaired) electrons. The SMILES string of the molecule is O=C(CCCc1ccccc1)Nc1ncc(-c2ccc(F)cc2)nc1Cc1ccccc1. The van der Waals surface area contributed by atoms with E-state index in [0.717, 1.165) is 24.0 Å². The second kappa shape index (κ2) is 10.4. The first kappa shape index (κ1) is 21.4. The maximum absolute atomic E-state index is 13.3. The summed E-state index contributed by atoms with van der Waals surface area (Å²) in [5, 5.41) is 2.93. The molecule has 0 aliphatic heterocycles. The number of anilines is 1. The highest BCUT2D eigenvalue weighted by atomic mass is 19.1. The lowest BCUT2D eigenvalue weighted by Gasteiger charge is -2.12. The second-order valence-corrected chi connectivity index (χ2v) is 7.61. The number of benzene rings is 3. The third-order valence-electron chi connectivity index (χ3n) is 5.17. The molecule has 3 aromatic carbocycles. The summed E-state index contributed by atoms with van der Waals surface area (Å²) in [4.78, 5) is 21.8. The van der Waals surface area contributed by atoms with Crippen molar-refractivity contribution in [2.24, 2.45) is 0 Å². The Kier molecular flexibility index (Phi) is 6.98. The van der Waals surface area contributed by atoms with Crippen molar-refractivity contribution in [2.75, 3.05) is 5.32 Å². The minimum atomic E-state index is -0.300. The number of aryl methyl sites for hydroxylation is 1. The molecule has 1 aromatic heterocycles. The van der Waals surface area contributed by atoms with Gasteiger partial charge >= 0.3 is 0 Å². The molecule has 4 rings (SSSR count). The van der Waals surface area contributed by atoms with Gasteiger partial charge in [-0.1, -0.05) is 60.7 Å². The van der Waals surface area contributed by atoms with Crippen LogP contribution in [-0.4, -0.2) is 15.9 Å². The number of aromatic nitrogens is 2. The van der Waals surface area contributed by atoms with E-state index in [1.54, 1.807) is 18.3 Å². The molecule has 0 aliphatic rings. The first-order chi connectivity index (χ1) is 15.7. The van der Waals surface area contributed by atoms with E-state index in [1.165, 1.54) is 17.7 Å². The van der Waals surface area contributed by atoms with Crippen LogP contribution in [0.25, 0.3) is 11.3 Å². The van der Waals surface area contributed by atoms with Gasteiger partial charge in [-0.25, -0.2) is 14.4 Å². The normalized spacial score (nSPS) is 10.7. The minimum Gasteiger partial charge on any atom is -0.309 e. The Morgan fingerprint density at radius 2 is 1.50 bits per heavy atom. The molecule has 1 heterocycles. The van der Waals surface area contributed by atoms with Gasteiger partial charge in [0.15, 0.2) is 5.82 Å². The molecule has 4 aromatic rings. The van der Waals surface area contributed by atoms with Gasteiger partial charge in [0.1, 0.15) is 5.82 Å². The van der Waals surface area contributed by atoms with Gasteiger partial charge in [0.2, 0.25) is 5.91 Å². The molecule has 0 saturated heterocycles. The predicted molar refractivity (Wildman–Crippen MR) is 125 cm³/mol. The second-order valence-electron chi connectivity index (χ2n) is 7.61. The van der Waals surface area contributed by atoms with Crippen molar-refractivity contribution in [3.63, 3.8) is 0 Å². The van der Waals surface area contributed by atoms with Crippen LogP contribution in [0.4, 0.5) is 10.2 Å². The molecular weight excluding hydrogens is 401 g/mol. The van der Waals surface area contributed by atoms with Crippen molar-refractivity contribution in [3.8, 4) is 11.3 Å². The summed E-state index contributed by atoms with van der Waals surface area (Å²) in [7, 11) is 0. The quantitative estimate of drug-likeness (QED) is 0.386. The molecule has 1 N–H and O–H groups in total. The molecule has 0 bridgehead atoms. The number of carbonyl (C=O) groups is 1. The molecule has 0 aliphatic carbocycles. The zero-order valence-electron chi connectivity index (χ0n) is 17.7. The Morgan fingerprint density at radius 1 is 0.844 bits per heavy atom. The molecule has 0 saturated carbocycles. The Hall–Kier alpha value is -3.86. The molecule has 32 heavy (non-hydrogen) atoms. The molecule has 0 fully saturated rings. The fourth-order valence-electron chi connectivity index (χ4n) is 3.50. The first-order valence-corrected chi connectivity index (χ1v) is 10.7. The van der Waals surface area contributed by atoms with Crippen LogP contribution in [0.3, 0.4) is 0 Å². The van der Waals surface area contributed by atoms with Gasteiger partial charge in [0.25, 0.3) is 0 Å². The standard InChI is InChI=1S/C27H24FN3O/c28-23-16-14-22(15-17-23)25-19-29-27(24(30-25)18-21-10-5-2-6-11-21)31-26(32)13-7-12-20-8-3-1-4-9-20/h1-6,8-11,14-17,19H,7,12-13,18H2,(H,29,31,32). The topological polar surface area (TPSA) is 54.9 Å². The number of hydrogen-bond donors (Lipinski definition) is 1. The molecular formula is C27H24FN3O. The lowest BCUT2D eigenvalue weighted by molar-refractivity contribution is -0.116. The monoisotopic (exact) mass is 425 g/mol. The van der Waals surface area contributed by atoms with Crippen LogP contribution >= 0.6 is 0 Å². The van der Waals surface area contributed by atoms with Crippen molar-refractivity contribution in [3.05, 3.63) is 114 Å². The van der Waals surface area contributed by atoms with E-state index in [4.69, 9.17) is 4.98 Å². The summed E-state index contributed by atoms with van der Waals surface area (Å²) < 4.78 is 13.3. The van der Waals surface area contributed by atoms with Gasteiger partial charge < -0.3 is 5.32 Å². The van der Waals surface area contributed by atoms with Crippen molar-refractivity contribution in [1.29, 1.82) is 0 Å². The van der Waals surface area contributed by atoms with E-state index in [2.05, 4.69) is 22.4 Å². The summed E-state index contributed by atoms with van der Waals surface area (Å²) >= 11 is 0. The van der Waals surface area contributed by atoms with Crippen LogP contribution in [0, 0.1) is 5.82 Å². The lowest BCUT2D eigenvalue weighted by atomic mass is 10.1. The summed E-state index contributed by atoms with van der Waals surface area (Å²) in [6, 6.07) is 26.2. The van der Waals surface area contributed by atoms with Gasteiger partial charge in [-0.15, -0.1) is 0 Å². The Morgan fingerprint density at radius 3 is 2.19 bits per heavy atom. The number of amides is 1. The molecule has 160 valence electrons. The van der Waals surface area contributed by atoms with Crippen molar-refractivity contribution >= 4 is 11.7 Å². The smallest absolute Gasteiger partial charge is 0.225 e.